The highest BCUT2D eigenvalue weighted by Gasteiger charge is 2.26. The minimum atomic E-state index is -0.580. The number of rotatable bonds is 5. The number of carbonyl (C=O) groups is 2. The summed E-state index contributed by atoms with van der Waals surface area (Å²) in [5.41, 5.74) is 1.41. The molecule has 1 aliphatic heterocycles. The van der Waals surface area contributed by atoms with E-state index in [9.17, 15) is 9.59 Å². The first-order valence-electron chi connectivity index (χ1n) is 7.90. The number of hydrogen-bond donors (Lipinski definition) is 2. The van der Waals surface area contributed by atoms with Crippen molar-refractivity contribution in [1.29, 1.82) is 0 Å². The Morgan fingerprint density at radius 1 is 1.11 bits per heavy atom. The Morgan fingerprint density at radius 2 is 1.78 bits per heavy atom. The van der Waals surface area contributed by atoms with Crippen molar-refractivity contribution in [2.45, 2.75) is 6.61 Å². The van der Waals surface area contributed by atoms with Crippen molar-refractivity contribution in [3.05, 3.63) is 64.2 Å². The van der Waals surface area contributed by atoms with Crippen molar-refractivity contribution in [3.8, 4) is 11.5 Å². The lowest BCUT2D eigenvalue weighted by Crippen LogP contribution is -2.51. The summed E-state index contributed by atoms with van der Waals surface area (Å²) in [5.74, 6) is -0.396. The fourth-order valence-electron chi connectivity index (χ4n) is 2.47. The SMILES string of the molecule is COc1cc(C=C2C(=O)NC(=S)NC2=O)cc(Cl)c1OCc1ccccc1. The molecule has 0 aromatic heterocycles. The number of benzene rings is 2. The molecule has 138 valence electrons. The lowest BCUT2D eigenvalue weighted by atomic mass is 10.1. The standard InChI is InChI=1S/C19H15ClN2O4S/c1-25-15-9-12(7-13-17(23)21-19(27)22-18(13)24)8-14(20)16(15)26-10-11-5-3-2-4-6-11/h2-9H,10H2,1H3,(H2,21,22,23,24,27). The predicted octanol–water partition coefficient (Wildman–Crippen LogP) is 2.84. The number of amides is 2. The molecule has 1 aliphatic rings. The zero-order valence-corrected chi connectivity index (χ0v) is 15.8. The summed E-state index contributed by atoms with van der Waals surface area (Å²) >= 11 is 11.1. The zero-order chi connectivity index (χ0) is 19.4. The lowest BCUT2D eigenvalue weighted by Gasteiger charge is -2.17. The number of thiocarbonyl (C=S) groups is 1. The van der Waals surface area contributed by atoms with E-state index in [0.29, 0.717) is 28.7 Å². The first kappa shape index (κ1) is 18.9. The van der Waals surface area contributed by atoms with E-state index in [4.69, 9.17) is 33.3 Å². The van der Waals surface area contributed by atoms with Crippen LogP contribution in [0.5, 0.6) is 11.5 Å². The van der Waals surface area contributed by atoms with E-state index in [2.05, 4.69) is 10.6 Å². The average Bonchev–Trinajstić information content (AvgIpc) is 2.64. The third-order valence-electron chi connectivity index (χ3n) is 3.73. The second-order valence-electron chi connectivity index (χ2n) is 5.60. The van der Waals surface area contributed by atoms with Crippen LogP contribution >= 0.6 is 23.8 Å². The highest BCUT2D eigenvalue weighted by molar-refractivity contribution is 7.80. The normalized spacial score (nSPS) is 13.7. The van der Waals surface area contributed by atoms with Gasteiger partial charge in [-0.05, 0) is 41.6 Å². The van der Waals surface area contributed by atoms with E-state index in [0.717, 1.165) is 5.56 Å². The van der Waals surface area contributed by atoms with Crippen molar-refractivity contribution in [2.75, 3.05) is 7.11 Å². The molecule has 0 bridgehead atoms. The Bertz CT molecular complexity index is 922. The second-order valence-corrected chi connectivity index (χ2v) is 6.42. The molecular weight excluding hydrogens is 388 g/mol. The van der Waals surface area contributed by atoms with Crippen LogP contribution in [0, 0.1) is 0 Å². The first-order chi connectivity index (χ1) is 13.0. The van der Waals surface area contributed by atoms with Crippen molar-refractivity contribution in [3.63, 3.8) is 0 Å². The molecule has 0 saturated carbocycles. The number of carbonyl (C=O) groups excluding carboxylic acids is 2. The van der Waals surface area contributed by atoms with E-state index >= 15 is 0 Å². The van der Waals surface area contributed by atoms with Gasteiger partial charge in [0.25, 0.3) is 11.8 Å². The van der Waals surface area contributed by atoms with E-state index in [1.807, 2.05) is 30.3 Å². The molecule has 0 aliphatic carbocycles. The summed E-state index contributed by atoms with van der Waals surface area (Å²) in [7, 11) is 1.48. The number of halogens is 1. The largest absolute Gasteiger partial charge is 0.493 e. The fourth-order valence-corrected chi connectivity index (χ4v) is 2.93. The number of ether oxygens (including phenoxy) is 2. The van der Waals surface area contributed by atoms with Crippen molar-refractivity contribution >= 4 is 46.8 Å². The molecule has 2 aromatic carbocycles. The minimum absolute atomic E-state index is 0.0255. The van der Waals surface area contributed by atoms with Gasteiger partial charge in [0.1, 0.15) is 12.2 Å². The Balaban J connectivity index is 1.87. The van der Waals surface area contributed by atoms with Crippen LogP contribution in [0.15, 0.2) is 48.0 Å². The van der Waals surface area contributed by atoms with Gasteiger partial charge in [0.05, 0.1) is 12.1 Å². The molecule has 2 amide bonds. The summed E-state index contributed by atoms with van der Waals surface area (Å²) < 4.78 is 11.1. The lowest BCUT2D eigenvalue weighted by molar-refractivity contribution is -0.123. The number of methoxy groups -OCH3 is 1. The fraction of sp³-hybridized carbons (Fsp3) is 0.105. The quantitative estimate of drug-likeness (QED) is 0.457. The van der Waals surface area contributed by atoms with Gasteiger partial charge in [-0.2, -0.15) is 0 Å². The molecule has 1 fully saturated rings. The molecule has 6 nitrogen and oxygen atoms in total. The molecule has 1 saturated heterocycles. The van der Waals surface area contributed by atoms with Gasteiger partial charge in [0.2, 0.25) is 0 Å². The molecule has 0 atom stereocenters. The minimum Gasteiger partial charge on any atom is -0.493 e. The topological polar surface area (TPSA) is 76.7 Å². The third-order valence-corrected chi connectivity index (χ3v) is 4.22. The Hall–Kier alpha value is -2.90. The zero-order valence-electron chi connectivity index (χ0n) is 14.2. The van der Waals surface area contributed by atoms with Gasteiger partial charge in [0, 0.05) is 0 Å². The molecule has 8 heteroatoms. The third kappa shape index (κ3) is 4.45. The maximum atomic E-state index is 12.0. The monoisotopic (exact) mass is 402 g/mol. The summed E-state index contributed by atoms with van der Waals surface area (Å²) in [4.78, 5) is 23.9. The van der Waals surface area contributed by atoms with Gasteiger partial charge in [-0.15, -0.1) is 0 Å². The van der Waals surface area contributed by atoms with Crippen LogP contribution in [0.2, 0.25) is 5.02 Å². The molecule has 2 aromatic rings. The molecule has 27 heavy (non-hydrogen) atoms. The van der Waals surface area contributed by atoms with Gasteiger partial charge in [-0.1, -0.05) is 41.9 Å². The Kier molecular flexibility index (Phi) is 5.73. The van der Waals surface area contributed by atoms with Crippen molar-refractivity contribution < 1.29 is 19.1 Å². The molecule has 0 radical (unpaired) electrons. The van der Waals surface area contributed by atoms with Crippen LogP contribution in [-0.4, -0.2) is 24.0 Å². The smallest absolute Gasteiger partial charge is 0.263 e. The molecule has 3 rings (SSSR count). The Labute approximate surface area is 166 Å². The van der Waals surface area contributed by atoms with Crippen molar-refractivity contribution in [2.24, 2.45) is 0 Å². The van der Waals surface area contributed by atoms with Gasteiger partial charge in [-0.3, -0.25) is 20.2 Å². The summed E-state index contributed by atoms with van der Waals surface area (Å²) in [6.45, 7) is 0.319. The van der Waals surface area contributed by atoms with E-state index in [1.165, 1.54) is 13.2 Å². The van der Waals surface area contributed by atoms with E-state index in [1.54, 1.807) is 12.1 Å². The molecular formula is C19H15ClN2O4S. The van der Waals surface area contributed by atoms with Crippen LogP contribution in [0.25, 0.3) is 6.08 Å². The molecule has 0 spiro atoms. The maximum Gasteiger partial charge on any atom is 0.263 e. The van der Waals surface area contributed by atoms with Crippen LogP contribution in [0.4, 0.5) is 0 Å². The summed E-state index contributed by atoms with van der Waals surface area (Å²) in [5, 5.41) is 5.02. The summed E-state index contributed by atoms with van der Waals surface area (Å²) in [6, 6.07) is 12.8. The van der Waals surface area contributed by atoms with Crippen LogP contribution in [-0.2, 0) is 16.2 Å². The van der Waals surface area contributed by atoms with Gasteiger partial charge in [-0.25, -0.2) is 0 Å². The highest BCUT2D eigenvalue weighted by Crippen LogP contribution is 2.37. The maximum absolute atomic E-state index is 12.0. The first-order valence-corrected chi connectivity index (χ1v) is 8.69. The van der Waals surface area contributed by atoms with Gasteiger partial charge >= 0.3 is 0 Å². The number of hydrogen-bond acceptors (Lipinski definition) is 5. The van der Waals surface area contributed by atoms with Crippen LogP contribution in [0.3, 0.4) is 0 Å². The Morgan fingerprint density at radius 3 is 2.41 bits per heavy atom. The highest BCUT2D eigenvalue weighted by atomic mass is 35.5. The van der Waals surface area contributed by atoms with Crippen LogP contribution < -0.4 is 20.1 Å². The molecule has 0 unspecified atom stereocenters. The second kappa shape index (κ2) is 8.20. The van der Waals surface area contributed by atoms with Crippen LogP contribution in [0.1, 0.15) is 11.1 Å². The van der Waals surface area contributed by atoms with E-state index < -0.39 is 11.8 Å². The molecule has 2 N–H and O–H groups in total. The van der Waals surface area contributed by atoms with Gasteiger partial charge in [0.15, 0.2) is 16.6 Å². The van der Waals surface area contributed by atoms with E-state index in [-0.39, 0.29) is 10.7 Å². The average molecular weight is 403 g/mol. The van der Waals surface area contributed by atoms with Crippen molar-refractivity contribution in [1.82, 2.24) is 10.6 Å². The molecule has 1 heterocycles. The number of nitrogens with one attached hydrogen (secondary N) is 2. The summed E-state index contributed by atoms with van der Waals surface area (Å²) in [6.07, 6.45) is 1.40. The predicted molar refractivity (Wildman–Crippen MR) is 106 cm³/mol. The van der Waals surface area contributed by atoms with Gasteiger partial charge < -0.3 is 9.47 Å².